The van der Waals surface area contributed by atoms with E-state index in [-0.39, 0.29) is 24.1 Å². The molecule has 0 bridgehead atoms. The standard InChI is InChI=1S/C3H7F3N2S/c4-3(5,6)9-2-1-8-7/h8H,1-2,7H2. The van der Waals surface area contributed by atoms with Crippen LogP contribution in [0.5, 0.6) is 0 Å². The van der Waals surface area contributed by atoms with E-state index in [1.54, 1.807) is 0 Å². The molecule has 0 radical (unpaired) electrons. The number of rotatable bonds is 3. The van der Waals surface area contributed by atoms with Crippen LogP contribution in [0.2, 0.25) is 0 Å². The average Bonchev–Trinajstić information content (AvgIpc) is 1.63. The van der Waals surface area contributed by atoms with Crippen LogP contribution >= 0.6 is 11.8 Å². The summed E-state index contributed by atoms with van der Waals surface area (Å²) in [6, 6.07) is 0. The number of thioether (sulfide) groups is 1. The molecule has 0 rings (SSSR count). The van der Waals surface area contributed by atoms with Crippen molar-refractivity contribution >= 4 is 11.8 Å². The zero-order valence-electron chi connectivity index (χ0n) is 4.53. The lowest BCUT2D eigenvalue weighted by Gasteiger charge is -2.03. The molecule has 0 aromatic heterocycles. The van der Waals surface area contributed by atoms with Crippen LogP contribution in [0.3, 0.4) is 0 Å². The minimum absolute atomic E-state index is 0.0417. The first-order valence-electron chi connectivity index (χ1n) is 2.20. The second-order valence-corrected chi connectivity index (χ2v) is 2.41. The summed E-state index contributed by atoms with van der Waals surface area (Å²) in [5.41, 5.74) is -2.01. The van der Waals surface area contributed by atoms with Gasteiger partial charge in [0.05, 0.1) is 0 Å². The summed E-state index contributed by atoms with van der Waals surface area (Å²) in [6.45, 7) is 0.171. The SMILES string of the molecule is NNCCSC(F)(F)F. The van der Waals surface area contributed by atoms with Gasteiger partial charge < -0.3 is 0 Å². The fourth-order valence-electron chi connectivity index (χ4n) is 0.226. The van der Waals surface area contributed by atoms with E-state index in [4.69, 9.17) is 5.84 Å². The first-order chi connectivity index (χ1) is 4.06. The predicted octanol–water partition coefficient (Wildman–Crippen LogP) is 0.703. The molecular formula is C3H7F3N2S. The van der Waals surface area contributed by atoms with E-state index in [9.17, 15) is 13.2 Å². The monoisotopic (exact) mass is 160 g/mol. The minimum atomic E-state index is -4.13. The highest BCUT2D eigenvalue weighted by molar-refractivity contribution is 8.00. The van der Waals surface area contributed by atoms with Gasteiger partial charge in [-0.25, -0.2) is 0 Å². The van der Waals surface area contributed by atoms with Gasteiger partial charge in [-0.3, -0.25) is 11.3 Å². The van der Waals surface area contributed by atoms with Gasteiger partial charge in [0.2, 0.25) is 0 Å². The molecule has 0 unspecified atom stereocenters. The van der Waals surface area contributed by atoms with Crippen molar-refractivity contribution in [1.82, 2.24) is 5.43 Å². The van der Waals surface area contributed by atoms with Crippen LogP contribution in [0.1, 0.15) is 0 Å². The minimum Gasteiger partial charge on any atom is -0.271 e. The molecule has 0 aliphatic rings. The molecule has 56 valence electrons. The number of halogens is 3. The van der Waals surface area contributed by atoms with E-state index < -0.39 is 5.51 Å². The Bertz CT molecular complexity index is 73.9. The molecule has 0 atom stereocenters. The summed E-state index contributed by atoms with van der Waals surface area (Å²) in [4.78, 5) is 0. The third-order valence-electron chi connectivity index (χ3n) is 0.512. The maximum atomic E-state index is 11.3. The van der Waals surface area contributed by atoms with Crippen molar-refractivity contribution in [1.29, 1.82) is 0 Å². The van der Waals surface area contributed by atoms with Crippen molar-refractivity contribution in [2.45, 2.75) is 5.51 Å². The quantitative estimate of drug-likeness (QED) is 0.362. The molecule has 2 nitrogen and oxygen atoms in total. The van der Waals surface area contributed by atoms with Crippen LogP contribution in [0.4, 0.5) is 13.2 Å². The molecule has 0 aromatic rings. The van der Waals surface area contributed by atoms with Crippen LogP contribution in [0.15, 0.2) is 0 Å². The van der Waals surface area contributed by atoms with Crippen LogP contribution in [-0.2, 0) is 0 Å². The Morgan fingerprint density at radius 2 is 2.00 bits per heavy atom. The molecule has 0 heterocycles. The number of hydrazine groups is 1. The fraction of sp³-hybridized carbons (Fsp3) is 1.00. The molecule has 0 spiro atoms. The van der Waals surface area contributed by atoms with Gasteiger partial charge in [0.25, 0.3) is 0 Å². The lowest BCUT2D eigenvalue weighted by Crippen LogP contribution is -2.25. The Morgan fingerprint density at radius 1 is 1.44 bits per heavy atom. The van der Waals surface area contributed by atoms with Crippen molar-refractivity contribution in [2.24, 2.45) is 5.84 Å². The van der Waals surface area contributed by atoms with Crippen molar-refractivity contribution in [3.63, 3.8) is 0 Å². The normalized spacial score (nSPS) is 12.0. The molecule has 3 N–H and O–H groups in total. The summed E-state index contributed by atoms with van der Waals surface area (Å²) in [5.74, 6) is 4.69. The lowest BCUT2D eigenvalue weighted by atomic mass is 10.8. The van der Waals surface area contributed by atoms with Gasteiger partial charge in [0.1, 0.15) is 0 Å². The Labute approximate surface area is 54.9 Å². The summed E-state index contributed by atoms with van der Waals surface area (Å²) < 4.78 is 33.8. The van der Waals surface area contributed by atoms with E-state index in [0.717, 1.165) is 0 Å². The van der Waals surface area contributed by atoms with E-state index in [1.165, 1.54) is 0 Å². The fourth-order valence-corrected chi connectivity index (χ4v) is 0.677. The Hall–Kier alpha value is 0.0600. The maximum absolute atomic E-state index is 11.3. The van der Waals surface area contributed by atoms with Gasteiger partial charge in [0.15, 0.2) is 0 Å². The molecule has 0 amide bonds. The molecule has 0 aliphatic heterocycles. The van der Waals surface area contributed by atoms with Gasteiger partial charge in [0, 0.05) is 12.3 Å². The smallest absolute Gasteiger partial charge is 0.271 e. The number of hydrogen-bond donors (Lipinski definition) is 2. The van der Waals surface area contributed by atoms with Crippen molar-refractivity contribution in [2.75, 3.05) is 12.3 Å². The molecule has 9 heavy (non-hydrogen) atoms. The molecule has 0 saturated carbocycles. The van der Waals surface area contributed by atoms with Gasteiger partial charge in [-0.15, -0.1) is 0 Å². The highest BCUT2D eigenvalue weighted by atomic mass is 32.2. The number of hydrogen-bond acceptors (Lipinski definition) is 3. The highest BCUT2D eigenvalue weighted by Crippen LogP contribution is 2.29. The van der Waals surface area contributed by atoms with Crippen molar-refractivity contribution in [3.05, 3.63) is 0 Å². The molecule has 0 aliphatic carbocycles. The summed E-state index contributed by atoms with van der Waals surface area (Å²) in [5, 5.41) is 0. The van der Waals surface area contributed by atoms with Crippen LogP contribution in [-0.4, -0.2) is 17.8 Å². The number of nitrogens with two attached hydrogens (primary N) is 1. The summed E-state index contributed by atoms with van der Waals surface area (Å²) in [7, 11) is 0. The first kappa shape index (κ1) is 9.06. The van der Waals surface area contributed by atoms with Gasteiger partial charge >= 0.3 is 5.51 Å². The van der Waals surface area contributed by atoms with E-state index in [1.807, 2.05) is 0 Å². The van der Waals surface area contributed by atoms with Crippen LogP contribution < -0.4 is 11.3 Å². The molecule has 0 fully saturated rings. The highest BCUT2D eigenvalue weighted by Gasteiger charge is 2.27. The Morgan fingerprint density at radius 3 is 2.33 bits per heavy atom. The van der Waals surface area contributed by atoms with E-state index in [2.05, 4.69) is 5.43 Å². The number of alkyl halides is 3. The Kier molecular flexibility index (Phi) is 4.00. The van der Waals surface area contributed by atoms with Gasteiger partial charge in [-0.2, -0.15) is 13.2 Å². The van der Waals surface area contributed by atoms with E-state index in [0.29, 0.717) is 0 Å². The van der Waals surface area contributed by atoms with Crippen molar-refractivity contribution < 1.29 is 13.2 Å². The second-order valence-electron chi connectivity index (χ2n) is 1.25. The number of nitrogens with one attached hydrogen (secondary N) is 1. The van der Waals surface area contributed by atoms with Gasteiger partial charge in [-0.1, -0.05) is 0 Å². The topological polar surface area (TPSA) is 38.0 Å². The maximum Gasteiger partial charge on any atom is 0.441 e. The molecular weight excluding hydrogens is 153 g/mol. The predicted molar refractivity (Wildman–Crippen MR) is 30.7 cm³/mol. The summed E-state index contributed by atoms with van der Waals surface area (Å²) >= 11 is -0.0844. The zero-order chi connectivity index (χ0) is 7.33. The lowest BCUT2D eigenvalue weighted by molar-refractivity contribution is -0.0327. The largest absolute Gasteiger partial charge is 0.441 e. The summed E-state index contributed by atoms with van der Waals surface area (Å²) in [6.07, 6.45) is 0. The van der Waals surface area contributed by atoms with Crippen LogP contribution in [0, 0.1) is 0 Å². The molecule has 0 aromatic carbocycles. The molecule has 0 saturated heterocycles. The second kappa shape index (κ2) is 3.97. The third-order valence-corrected chi connectivity index (χ3v) is 1.25. The average molecular weight is 160 g/mol. The first-order valence-corrected chi connectivity index (χ1v) is 3.19. The molecule has 6 heteroatoms. The Balaban J connectivity index is 3.07. The third kappa shape index (κ3) is 8.06. The van der Waals surface area contributed by atoms with Crippen LogP contribution in [0.25, 0.3) is 0 Å². The van der Waals surface area contributed by atoms with Crippen molar-refractivity contribution in [3.8, 4) is 0 Å². The van der Waals surface area contributed by atoms with E-state index >= 15 is 0 Å². The zero-order valence-corrected chi connectivity index (χ0v) is 5.35. The van der Waals surface area contributed by atoms with Gasteiger partial charge in [-0.05, 0) is 11.8 Å².